The molecule has 0 aliphatic heterocycles. The predicted octanol–water partition coefficient (Wildman–Crippen LogP) is 3.83. The first kappa shape index (κ1) is 14.8. The lowest BCUT2D eigenvalue weighted by molar-refractivity contribution is -0.384. The maximum Gasteiger partial charge on any atom is 0.292 e. The Morgan fingerprint density at radius 3 is 2.62 bits per heavy atom. The number of hydrogen-bond donors (Lipinski definition) is 1. The van der Waals surface area contributed by atoms with E-state index in [1.165, 1.54) is 6.07 Å². The number of nitro groups is 1. The van der Waals surface area contributed by atoms with Gasteiger partial charge < -0.3 is 10.1 Å². The molecule has 21 heavy (non-hydrogen) atoms. The van der Waals surface area contributed by atoms with Crippen LogP contribution >= 0.6 is 0 Å². The molecule has 0 amide bonds. The Hall–Kier alpha value is -2.56. The van der Waals surface area contributed by atoms with E-state index in [-0.39, 0.29) is 5.69 Å². The molecule has 5 nitrogen and oxygen atoms in total. The Bertz CT molecular complexity index is 669. The van der Waals surface area contributed by atoms with Gasteiger partial charge in [0, 0.05) is 13.1 Å². The number of anilines is 1. The lowest BCUT2D eigenvalue weighted by Gasteiger charge is -2.11. The van der Waals surface area contributed by atoms with E-state index < -0.39 is 4.92 Å². The molecular weight excluding hydrogens is 268 g/mol. The van der Waals surface area contributed by atoms with E-state index in [1.807, 2.05) is 38.1 Å². The highest BCUT2D eigenvalue weighted by Gasteiger charge is 2.13. The molecule has 0 aromatic heterocycles. The zero-order valence-corrected chi connectivity index (χ0v) is 12.3. The molecular formula is C16H18N2O3. The summed E-state index contributed by atoms with van der Waals surface area (Å²) in [6.07, 6.45) is 0. The number of nitro benzene ring substituents is 1. The Labute approximate surface area is 123 Å². The highest BCUT2D eigenvalue weighted by atomic mass is 16.6. The van der Waals surface area contributed by atoms with E-state index in [1.54, 1.807) is 13.1 Å². The van der Waals surface area contributed by atoms with Crippen molar-refractivity contribution in [2.45, 2.75) is 20.5 Å². The van der Waals surface area contributed by atoms with Gasteiger partial charge in [0.2, 0.25) is 0 Å². The minimum Gasteiger partial charge on any atom is -0.489 e. The Morgan fingerprint density at radius 1 is 1.19 bits per heavy atom. The van der Waals surface area contributed by atoms with Crippen LogP contribution in [0.3, 0.4) is 0 Å². The zero-order valence-electron chi connectivity index (χ0n) is 12.3. The van der Waals surface area contributed by atoms with Gasteiger partial charge in [-0.1, -0.05) is 18.2 Å². The molecule has 110 valence electrons. The number of hydrogen-bond acceptors (Lipinski definition) is 4. The van der Waals surface area contributed by atoms with Crippen LogP contribution in [0.1, 0.15) is 16.7 Å². The second-order valence-electron chi connectivity index (χ2n) is 4.92. The lowest BCUT2D eigenvalue weighted by atomic mass is 10.1. The highest BCUT2D eigenvalue weighted by Crippen LogP contribution is 2.26. The summed E-state index contributed by atoms with van der Waals surface area (Å²) in [5.74, 6) is 0.801. The van der Waals surface area contributed by atoms with Crippen molar-refractivity contribution in [2.75, 3.05) is 12.4 Å². The summed E-state index contributed by atoms with van der Waals surface area (Å²) in [7, 11) is 1.66. The second kappa shape index (κ2) is 6.26. The van der Waals surface area contributed by atoms with E-state index in [2.05, 4.69) is 5.32 Å². The summed E-state index contributed by atoms with van der Waals surface area (Å²) >= 11 is 0. The third kappa shape index (κ3) is 3.51. The van der Waals surface area contributed by atoms with Crippen LogP contribution in [0, 0.1) is 24.0 Å². The molecule has 2 aromatic rings. The highest BCUT2D eigenvalue weighted by molar-refractivity contribution is 5.62. The molecule has 0 atom stereocenters. The average molecular weight is 286 g/mol. The van der Waals surface area contributed by atoms with Crippen molar-refractivity contribution < 1.29 is 9.66 Å². The first-order chi connectivity index (χ1) is 10.0. The van der Waals surface area contributed by atoms with Crippen LogP contribution in [0.2, 0.25) is 0 Å². The van der Waals surface area contributed by atoms with Crippen molar-refractivity contribution in [1.29, 1.82) is 0 Å². The molecule has 0 aliphatic carbocycles. The monoisotopic (exact) mass is 286 g/mol. The summed E-state index contributed by atoms with van der Waals surface area (Å²) in [5.41, 5.74) is 3.48. The molecule has 5 heteroatoms. The molecule has 2 rings (SSSR count). The fourth-order valence-corrected chi connectivity index (χ4v) is 2.05. The normalized spacial score (nSPS) is 10.2. The number of rotatable bonds is 5. The van der Waals surface area contributed by atoms with Crippen LogP contribution in [0.4, 0.5) is 11.4 Å². The largest absolute Gasteiger partial charge is 0.489 e. The number of benzene rings is 2. The number of nitrogens with one attached hydrogen (secondary N) is 1. The fourth-order valence-electron chi connectivity index (χ4n) is 2.05. The van der Waals surface area contributed by atoms with Gasteiger partial charge in [0.15, 0.2) is 0 Å². The predicted molar refractivity (Wildman–Crippen MR) is 82.9 cm³/mol. The molecule has 0 spiro atoms. The third-order valence-corrected chi connectivity index (χ3v) is 3.27. The topological polar surface area (TPSA) is 64.4 Å². The van der Waals surface area contributed by atoms with Gasteiger partial charge >= 0.3 is 0 Å². The van der Waals surface area contributed by atoms with Gasteiger partial charge in [-0.05, 0) is 42.7 Å². The van der Waals surface area contributed by atoms with Crippen molar-refractivity contribution in [1.82, 2.24) is 0 Å². The van der Waals surface area contributed by atoms with Gasteiger partial charge in [0.05, 0.1) is 4.92 Å². The van der Waals surface area contributed by atoms with Gasteiger partial charge in [0.1, 0.15) is 18.0 Å². The third-order valence-electron chi connectivity index (χ3n) is 3.27. The molecule has 0 bridgehead atoms. The van der Waals surface area contributed by atoms with E-state index in [0.29, 0.717) is 12.3 Å². The van der Waals surface area contributed by atoms with Crippen LogP contribution in [-0.2, 0) is 6.61 Å². The van der Waals surface area contributed by atoms with Gasteiger partial charge in [-0.3, -0.25) is 10.1 Å². The Morgan fingerprint density at radius 2 is 1.95 bits per heavy atom. The molecule has 0 unspecified atom stereocenters. The van der Waals surface area contributed by atoms with Crippen molar-refractivity contribution in [3.63, 3.8) is 0 Å². The molecule has 0 heterocycles. The number of ether oxygens (including phenoxy) is 1. The Balaban J connectivity index is 2.18. The van der Waals surface area contributed by atoms with E-state index in [0.717, 1.165) is 22.4 Å². The maximum absolute atomic E-state index is 11.0. The van der Waals surface area contributed by atoms with Crippen molar-refractivity contribution in [3.8, 4) is 5.75 Å². The van der Waals surface area contributed by atoms with Crippen LogP contribution in [-0.4, -0.2) is 12.0 Å². The molecule has 0 radical (unpaired) electrons. The smallest absolute Gasteiger partial charge is 0.292 e. The quantitative estimate of drug-likeness (QED) is 0.670. The first-order valence-electron chi connectivity index (χ1n) is 6.66. The van der Waals surface area contributed by atoms with Crippen molar-refractivity contribution in [2.24, 2.45) is 0 Å². The minimum atomic E-state index is -0.396. The van der Waals surface area contributed by atoms with E-state index in [9.17, 15) is 10.1 Å². The molecule has 0 fully saturated rings. The van der Waals surface area contributed by atoms with E-state index in [4.69, 9.17) is 4.74 Å². The molecule has 1 N–H and O–H groups in total. The first-order valence-corrected chi connectivity index (χ1v) is 6.66. The number of aryl methyl sites for hydroxylation is 2. The Kier molecular flexibility index (Phi) is 4.42. The fraction of sp³-hybridized carbons (Fsp3) is 0.250. The lowest BCUT2D eigenvalue weighted by Crippen LogP contribution is -2.01. The molecule has 2 aromatic carbocycles. The molecule has 0 aliphatic rings. The summed E-state index contributed by atoms with van der Waals surface area (Å²) in [6.45, 7) is 4.27. The summed E-state index contributed by atoms with van der Waals surface area (Å²) in [5, 5.41) is 13.8. The molecule has 0 saturated heterocycles. The van der Waals surface area contributed by atoms with Gasteiger partial charge in [-0.25, -0.2) is 0 Å². The average Bonchev–Trinajstić information content (AvgIpc) is 2.47. The van der Waals surface area contributed by atoms with Crippen molar-refractivity contribution in [3.05, 3.63) is 63.2 Å². The second-order valence-corrected chi connectivity index (χ2v) is 4.92. The maximum atomic E-state index is 11.0. The molecule has 0 saturated carbocycles. The van der Waals surface area contributed by atoms with E-state index >= 15 is 0 Å². The standard InChI is InChI=1S/C16H18N2O3/c1-11-4-5-12(2)16(8-11)21-10-13-6-7-14(17-3)15(9-13)18(19)20/h4-9,17H,10H2,1-3H3. The van der Waals surface area contributed by atoms with Crippen molar-refractivity contribution >= 4 is 11.4 Å². The van der Waals surface area contributed by atoms with Gasteiger partial charge in [0.25, 0.3) is 5.69 Å². The van der Waals surface area contributed by atoms with Gasteiger partial charge in [-0.15, -0.1) is 0 Å². The van der Waals surface area contributed by atoms with Crippen LogP contribution in [0.15, 0.2) is 36.4 Å². The number of nitrogens with zero attached hydrogens (tertiary/aromatic N) is 1. The summed E-state index contributed by atoms with van der Waals surface area (Å²) in [6, 6.07) is 11.0. The van der Waals surface area contributed by atoms with Gasteiger partial charge in [-0.2, -0.15) is 0 Å². The van der Waals surface area contributed by atoms with Crippen LogP contribution in [0.5, 0.6) is 5.75 Å². The summed E-state index contributed by atoms with van der Waals surface area (Å²) in [4.78, 5) is 10.6. The zero-order chi connectivity index (χ0) is 15.4. The van der Waals surface area contributed by atoms with Crippen LogP contribution in [0.25, 0.3) is 0 Å². The van der Waals surface area contributed by atoms with Crippen LogP contribution < -0.4 is 10.1 Å². The summed E-state index contributed by atoms with van der Waals surface area (Å²) < 4.78 is 5.77. The SMILES string of the molecule is CNc1ccc(COc2cc(C)ccc2C)cc1[N+](=O)[O-]. The minimum absolute atomic E-state index is 0.0552.